The van der Waals surface area contributed by atoms with Crippen LogP contribution in [0.3, 0.4) is 0 Å². The van der Waals surface area contributed by atoms with Gasteiger partial charge in [0, 0.05) is 0 Å². The van der Waals surface area contributed by atoms with Gasteiger partial charge in [0.05, 0.1) is 16.6 Å². The van der Waals surface area contributed by atoms with Crippen molar-refractivity contribution in [2.45, 2.75) is 19.4 Å². The second-order valence-electron chi connectivity index (χ2n) is 2.97. The average molecular weight is 225 g/mol. The Balaban J connectivity index is 2.31. The van der Waals surface area contributed by atoms with Gasteiger partial charge in [-0.05, 0) is 40.3 Å². The van der Waals surface area contributed by atoms with E-state index in [9.17, 15) is 0 Å². The fraction of sp³-hybridized carbons (Fsp3) is 0.333. The minimum absolute atomic E-state index is 0.0591. The molecule has 0 bridgehead atoms. The Labute approximate surface area is 90.8 Å². The molecule has 0 saturated carbocycles. The van der Waals surface area contributed by atoms with Gasteiger partial charge in [-0.25, -0.2) is 0 Å². The molecule has 2 N–H and O–H groups in total. The molecular weight excluding hydrogens is 214 g/mol. The molecule has 0 aliphatic carbocycles. The monoisotopic (exact) mass is 225 g/mol. The van der Waals surface area contributed by atoms with E-state index in [-0.39, 0.29) is 6.04 Å². The molecule has 5 heteroatoms. The van der Waals surface area contributed by atoms with E-state index in [1.165, 1.54) is 11.5 Å². The van der Waals surface area contributed by atoms with Gasteiger partial charge in [0.25, 0.3) is 0 Å². The van der Waals surface area contributed by atoms with Crippen LogP contribution in [-0.4, -0.2) is 9.59 Å². The van der Waals surface area contributed by atoms with Crippen LogP contribution >= 0.6 is 22.9 Å². The zero-order valence-electron chi connectivity index (χ0n) is 7.80. The number of hydrogen-bond donors (Lipinski definition) is 1. The van der Waals surface area contributed by atoms with Crippen LogP contribution in [0.2, 0.25) is 0 Å². The SMILES string of the molecule is CCc1nnsc1C(N)c1ccsc1. The molecule has 2 aromatic rings. The maximum Gasteiger partial charge on any atom is 0.0804 e. The van der Waals surface area contributed by atoms with E-state index in [2.05, 4.69) is 28.0 Å². The number of nitrogens with two attached hydrogens (primary N) is 1. The van der Waals surface area contributed by atoms with Gasteiger partial charge in [-0.1, -0.05) is 11.4 Å². The summed E-state index contributed by atoms with van der Waals surface area (Å²) in [6, 6.07) is 1.99. The van der Waals surface area contributed by atoms with Crippen LogP contribution in [0.4, 0.5) is 0 Å². The molecule has 0 radical (unpaired) electrons. The number of hydrogen-bond acceptors (Lipinski definition) is 5. The predicted octanol–water partition coefficient (Wildman–Crippen LogP) is 2.21. The molecule has 0 fully saturated rings. The van der Waals surface area contributed by atoms with E-state index >= 15 is 0 Å². The van der Waals surface area contributed by atoms with E-state index in [0.29, 0.717) is 0 Å². The Kier molecular flexibility index (Phi) is 2.90. The van der Waals surface area contributed by atoms with Crippen molar-refractivity contribution in [3.05, 3.63) is 33.0 Å². The first-order valence-corrected chi connectivity index (χ1v) is 6.13. The van der Waals surface area contributed by atoms with Crippen LogP contribution in [0, 0.1) is 0 Å². The maximum atomic E-state index is 6.12. The van der Waals surface area contributed by atoms with Gasteiger partial charge in [0.15, 0.2) is 0 Å². The van der Waals surface area contributed by atoms with Gasteiger partial charge < -0.3 is 5.73 Å². The number of rotatable bonds is 3. The third-order valence-electron chi connectivity index (χ3n) is 2.10. The number of thiophene rings is 1. The Hall–Kier alpha value is -0.780. The molecule has 0 aromatic carbocycles. The van der Waals surface area contributed by atoms with Crippen molar-refractivity contribution in [1.29, 1.82) is 0 Å². The Morgan fingerprint density at radius 1 is 1.57 bits per heavy atom. The van der Waals surface area contributed by atoms with E-state index in [1.54, 1.807) is 11.3 Å². The average Bonchev–Trinajstić information content (AvgIpc) is 2.87. The molecule has 2 heterocycles. The Bertz CT molecular complexity index is 394. The largest absolute Gasteiger partial charge is 0.319 e. The van der Waals surface area contributed by atoms with Crippen LogP contribution < -0.4 is 5.73 Å². The molecule has 14 heavy (non-hydrogen) atoms. The lowest BCUT2D eigenvalue weighted by Gasteiger charge is -2.07. The van der Waals surface area contributed by atoms with E-state index in [4.69, 9.17) is 5.73 Å². The molecule has 2 rings (SSSR count). The van der Waals surface area contributed by atoms with Crippen LogP contribution in [0.5, 0.6) is 0 Å². The molecule has 0 aliphatic heterocycles. The van der Waals surface area contributed by atoms with Crippen LogP contribution in [0.25, 0.3) is 0 Å². The summed E-state index contributed by atoms with van der Waals surface area (Å²) in [5.74, 6) is 0. The first-order chi connectivity index (χ1) is 6.83. The molecule has 1 unspecified atom stereocenters. The zero-order valence-corrected chi connectivity index (χ0v) is 9.44. The number of nitrogens with zero attached hydrogens (tertiary/aromatic N) is 2. The molecule has 1 atom stereocenters. The molecule has 2 aromatic heterocycles. The van der Waals surface area contributed by atoms with Gasteiger partial charge in [0.2, 0.25) is 0 Å². The molecule has 0 aliphatic rings. The van der Waals surface area contributed by atoms with E-state index in [0.717, 1.165) is 22.6 Å². The lowest BCUT2D eigenvalue weighted by Crippen LogP contribution is -2.11. The van der Waals surface area contributed by atoms with Crippen molar-refractivity contribution < 1.29 is 0 Å². The molecule has 0 amide bonds. The maximum absolute atomic E-state index is 6.12. The molecule has 74 valence electrons. The highest BCUT2D eigenvalue weighted by Gasteiger charge is 2.16. The summed E-state index contributed by atoms with van der Waals surface area (Å²) in [5, 5.41) is 8.17. The van der Waals surface area contributed by atoms with Gasteiger partial charge >= 0.3 is 0 Å². The summed E-state index contributed by atoms with van der Waals surface area (Å²) in [4.78, 5) is 1.09. The van der Waals surface area contributed by atoms with Crippen molar-refractivity contribution in [2.75, 3.05) is 0 Å². The zero-order chi connectivity index (χ0) is 9.97. The predicted molar refractivity (Wildman–Crippen MR) is 59.6 cm³/mol. The first-order valence-electron chi connectivity index (χ1n) is 4.41. The normalized spacial score (nSPS) is 13.0. The van der Waals surface area contributed by atoms with Crippen molar-refractivity contribution in [1.82, 2.24) is 9.59 Å². The van der Waals surface area contributed by atoms with Crippen LogP contribution in [0.1, 0.15) is 29.1 Å². The van der Waals surface area contributed by atoms with Gasteiger partial charge in [-0.2, -0.15) is 11.3 Å². The van der Waals surface area contributed by atoms with Crippen molar-refractivity contribution in [2.24, 2.45) is 5.73 Å². The number of aryl methyl sites for hydroxylation is 1. The fourth-order valence-corrected chi connectivity index (χ4v) is 2.76. The van der Waals surface area contributed by atoms with Gasteiger partial charge in [-0.15, -0.1) is 5.10 Å². The third kappa shape index (κ3) is 1.70. The summed E-state index contributed by atoms with van der Waals surface area (Å²) in [7, 11) is 0. The lowest BCUT2D eigenvalue weighted by molar-refractivity contribution is 0.857. The molecule has 0 spiro atoms. The fourth-order valence-electron chi connectivity index (χ4n) is 1.30. The van der Waals surface area contributed by atoms with Gasteiger partial charge in [0.1, 0.15) is 0 Å². The smallest absolute Gasteiger partial charge is 0.0804 e. The molecule has 0 saturated heterocycles. The quantitative estimate of drug-likeness (QED) is 0.871. The van der Waals surface area contributed by atoms with Crippen molar-refractivity contribution in [3.8, 4) is 0 Å². The minimum atomic E-state index is -0.0591. The van der Waals surface area contributed by atoms with Crippen molar-refractivity contribution in [3.63, 3.8) is 0 Å². The summed E-state index contributed by atoms with van der Waals surface area (Å²) in [5.41, 5.74) is 8.29. The summed E-state index contributed by atoms with van der Waals surface area (Å²) < 4.78 is 3.94. The molecular formula is C9H11N3S2. The highest BCUT2D eigenvalue weighted by molar-refractivity contribution is 7.08. The highest BCUT2D eigenvalue weighted by atomic mass is 32.1. The van der Waals surface area contributed by atoms with E-state index in [1.807, 2.05) is 5.38 Å². The lowest BCUT2D eigenvalue weighted by atomic mass is 10.1. The Morgan fingerprint density at radius 3 is 3.07 bits per heavy atom. The standard InChI is InChI=1S/C9H11N3S2/c1-2-7-9(14-12-11-7)8(10)6-3-4-13-5-6/h3-5,8H,2,10H2,1H3. The summed E-state index contributed by atoms with van der Waals surface area (Å²) >= 11 is 3.06. The Morgan fingerprint density at radius 2 is 2.43 bits per heavy atom. The second kappa shape index (κ2) is 4.16. The summed E-state index contributed by atoms with van der Waals surface area (Å²) in [6.45, 7) is 2.07. The second-order valence-corrected chi connectivity index (χ2v) is 4.54. The van der Waals surface area contributed by atoms with Crippen LogP contribution in [-0.2, 0) is 6.42 Å². The summed E-state index contributed by atoms with van der Waals surface area (Å²) in [6.07, 6.45) is 0.893. The van der Waals surface area contributed by atoms with E-state index < -0.39 is 0 Å². The van der Waals surface area contributed by atoms with Crippen molar-refractivity contribution >= 4 is 22.9 Å². The number of aromatic nitrogens is 2. The van der Waals surface area contributed by atoms with Gasteiger partial charge in [-0.3, -0.25) is 0 Å². The first kappa shape index (κ1) is 9.76. The minimum Gasteiger partial charge on any atom is -0.319 e. The highest BCUT2D eigenvalue weighted by Crippen LogP contribution is 2.26. The topological polar surface area (TPSA) is 51.8 Å². The molecule has 3 nitrogen and oxygen atoms in total. The van der Waals surface area contributed by atoms with Crippen LogP contribution in [0.15, 0.2) is 16.8 Å². The third-order valence-corrected chi connectivity index (χ3v) is 3.66.